The van der Waals surface area contributed by atoms with Crippen LogP contribution >= 0.6 is 23.4 Å². The number of rotatable bonds is 10. The summed E-state index contributed by atoms with van der Waals surface area (Å²) in [5.41, 5.74) is 0.949. The summed E-state index contributed by atoms with van der Waals surface area (Å²) in [7, 11) is 0. The minimum absolute atomic E-state index is 0.0301. The van der Waals surface area contributed by atoms with E-state index in [9.17, 15) is 10.1 Å². The third-order valence-electron chi connectivity index (χ3n) is 3.62. The minimum Gasteiger partial charge on any atom is -0.494 e. The lowest BCUT2D eigenvalue weighted by molar-refractivity contribution is -0.480. The van der Waals surface area contributed by atoms with Crippen LogP contribution in [0.2, 0.25) is 5.02 Å². The summed E-state index contributed by atoms with van der Waals surface area (Å²) < 4.78 is 5.74. The van der Waals surface area contributed by atoms with Crippen LogP contribution in [0, 0.1) is 10.1 Å². The molecule has 25 heavy (non-hydrogen) atoms. The molecular weight excluding hydrogens is 358 g/mol. The smallest absolute Gasteiger partial charge is 0.204 e. The summed E-state index contributed by atoms with van der Waals surface area (Å²) in [5, 5.41) is 11.1. The van der Waals surface area contributed by atoms with Gasteiger partial charge in [-0.05, 0) is 48.7 Å². The molecule has 6 heteroatoms. The maximum atomic E-state index is 10.4. The van der Waals surface area contributed by atoms with Gasteiger partial charge in [0.05, 0.1) is 6.61 Å². The number of hydrogen-bond donors (Lipinski definition) is 0. The van der Waals surface area contributed by atoms with E-state index in [1.807, 2.05) is 42.5 Å². The number of nitrogens with zero attached hydrogens (tertiary/aromatic N) is 1. The molecule has 0 aliphatic heterocycles. The van der Waals surface area contributed by atoms with Crippen molar-refractivity contribution in [3.8, 4) is 5.75 Å². The molecule has 0 atom stereocenters. The molecule has 4 nitrogen and oxygen atoms in total. The van der Waals surface area contributed by atoms with Crippen molar-refractivity contribution >= 4 is 23.4 Å². The van der Waals surface area contributed by atoms with Crippen LogP contribution < -0.4 is 4.74 Å². The molecule has 0 bridgehead atoms. The highest BCUT2D eigenvalue weighted by Crippen LogP contribution is 2.33. The number of benzene rings is 2. The van der Waals surface area contributed by atoms with E-state index in [0.29, 0.717) is 17.9 Å². The molecule has 2 aromatic carbocycles. The molecule has 0 heterocycles. The van der Waals surface area contributed by atoms with Crippen molar-refractivity contribution in [2.24, 2.45) is 0 Å². The van der Waals surface area contributed by atoms with Gasteiger partial charge in [-0.3, -0.25) is 10.1 Å². The summed E-state index contributed by atoms with van der Waals surface area (Å²) in [6.45, 7) is 2.84. The number of unbranched alkanes of at least 4 members (excludes halogenated alkanes) is 1. The SMILES string of the molecule is CCCCOc1cccc(Sc2ccc(CCC[N+](=O)[O-])c(Cl)c2)c1. The van der Waals surface area contributed by atoms with Crippen LogP contribution in [0.3, 0.4) is 0 Å². The monoisotopic (exact) mass is 379 g/mol. The highest BCUT2D eigenvalue weighted by molar-refractivity contribution is 7.99. The molecule has 2 rings (SSSR count). The number of aryl methyl sites for hydroxylation is 1. The van der Waals surface area contributed by atoms with Crippen LogP contribution in [-0.4, -0.2) is 18.1 Å². The second kappa shape index (κ2) is 10.3. The van der Waals surface area contributed by atoms with E-state index in [2.05, 4.69) is 6.92 Å². The van der Waals surface area contributed by atoms with Crippen molar-refractivity contribution in [2.75, 3.05) is 13.2 Å². The van der Waals surface area contributed by atoms with E-state index in [-0.39, 0.29) is 11.5 Å². The first-order chi connectivity index (χ1) is 12.1. The van der Waals surface area contributed by atoms with E-state index in [1.54, 1.807) is 11.8 Å². The second-order valence-electron chi connectivity index (χ2n) is 5.69. The topological polar surface area (TPSA) is 52.4 Å². The molecule has 134 valence electrons. The molecule has 0 fully saturated rings. The van der Waals surface area contributed by atoms with Crippen LogP contribution in [0.5, 0.6) is 5.75 Å². The lowest BCUT2D eigenvalue weighted by Gasteiger charge is -2.09. The highest BCUT2D eigenvalue weighted by Gasteiger charge is 2.06. The van der Waals surface area contributed by atoms with E-state index in [1.165, 1.54) is 0 Å². The molecular formula is C19H22ClNO3S. The van der Waals surface area contributed by atoms with E-state index < -0.39 is 0 Å². The zero-order valence-corrected chi connectivity index (χ0v) is 15.8. The van der Waals surface area contributed by atoms with Gasteiger partial charge >= 0.3 is 0 Å². The van der Waals surface area contributed by atoms with E-state index in [0.717, 1.165) is 40.6 Å². The molecule has 0 aliphatic carbocycles. The fraction of sp³-hybridized carbons (Fsp3) is 0.368. The molecule has 0 saturated heterocycles. The molecule has 0 unspecified atom stereocenters. The first-order valence-electron chi connectivity index (χ1n) is 8.39. The van der Waals surface area contributed by atoms with Gasteiger partial charge in [0.25, 0.3) is 0 Å². The first-order valence-corrected chi connectivity index (χ1v) is 9.59. The van der Waals surface area contributed by atoms with E-state index >= 15 is 0 Å². The van der Waals surface area contributed by atoms with Gasteiger partial charge in [-0.1, -0.05) is 48.8 Å². The van der Waals surface area contributed by atoms with Crippen LogP contribution in [0.1, 0.15) is 31.7 Å². The summed E-state index contributed by atoms with van der Waals surface area (Å²) in [6.07, 6.45) is 3.27. The van der Waals surface area contributed by atoms with Crippen LogP contribution in [0.4, 0.5) is 0 Å². The number of nitro groups is 1. The summed E-state index contributed by atoms with van der Waals surface area (Å²) in [5.74, 6) is 0.876. The first kappa shape index (κ1) is 19.6. The van der Waals surface area contributed by atoms with Crippen molar-refractivity contribution in [2.45, 2.75) is 42.4 Å². The summed E-state index contributed by atoms with van der Waals surface area (Å²) >= 11 is 7.94. The Balaban J connectivity index is 1.97. The van der Waals surface area contributed by atoms with Gasteiger partial charge in [0.15, 0.2) is 0 Å². The molecule has 2 aromatic rings. The number of hydrogen-bond acceptors (Lipinski definition) is 4. The average molecular weight is 380 g/mol. The fourth-order valence-electron chi connectivity index (χ4n) is 2.29. The maximum absolute atomic E-state index is 10.4. The molecule has 0 amide bonds. The van der Waals surface area contributed by atoms with Crippen molar-refractivity contribution in [3.05, 3.63) is 63.2 Å². The second-order valence-corrected chi connectivity index (χ2v) is 7.25. The molecule has 0 aliphatic rings. The van der Waals surface area contributed by atoms with E-state index in [4.69, 9.17) is 16.3 Å². The Labute approximate surface area is 157 Å². The van der Waals surface area contributed by atoms with Crippen molar-refractivity contribution < 1.29 is 9.66 Å². The predicted octanol–water partition coefficient (Wildman–Crippen LogP) is 5.88. The van der Waals surface area contributed by atoms with Crippen molar-refractivity contribution in [1.29, 1.82) is 0 Å². The normalized spacial score (nSPS) is 10.6. The highest BCUT2D eigenvalue weighted by atomic mass is 35.5. The summed E-state index contributed by atoms with van der Waals surface area (Å²) in [4.78, 5) is 12.2. The summed E-state index contributed by atoms with van der Waals surface area (Å²) in [6, 6.07) is 13.9. The zero-order chi connectivity index (χ0) is 18.1. The molecule has 0 aromatic heterocycles. The van der Waals surface area contributed by atoms with Gasteiger partial charge in [0.2, 0.25) is 6.54 Å². The van der Waals surface area contributed by atoms with Gasteiger partial charge in [-0.2, -0.15) is 0 Å². The fourth-order valence-corrected chi connectivity index (χ4v) is 3.54. The third kappa shape index (κ3) is 6.96. The Morgan fingerprint density at radius 2 is 1.96 bits per heavy atom. The van der Waals surface area contributed by atoms with Crippen LogP contribution in [0.15, 0.2) is 52.3 Å². The van der Waals surface area contributed by atoms with Gasteiger partial charge in [-0.25, -0.2) is 0 Å². The average Bonchev–Trinajstić information content (AvgIpc) is 2.57. The molecule has 0 saturated carbocycles. The Morgan fingerprint density at radius 1 is 1.16 bits per heavy atom. The Kier molecular flexibility index (Phi) is 8.09. The van der Waals surface area contributed by atoms with Crippen molar-refractivity contribution in [1.82, 2.24) is 0 Å². The standard InChI is InChI=1S/C19H22ClNO3S/c1-2-3-12-24-16-7-4-8-17(13-16)25-18-10-9-15(19(20)14-18)6-5-11-21(22)23/h4,7-10,13-14H,2-3,5-6,11-12H2,1H3. The van der Waals surface area contributed by atoms with Crippen LogP contribution in [0.25, 0.3) is 0 Å². The quantitative estimate of drug-likeness (QED) is 0.294. The minimum atomic E-state index is -0.298. The Morgan fingerprint density at radius 3 is 2.68 bits per heavy atom. The predicted molar refractivity (Wildman–Crippen MR) is 103 cm³/mol. The Hall–Kier alpha value is -1.72. The van der Waals surface area contributed by atoms with Gasteiger partial charge in [-0.15, -0.1) is 0 Å². The van der Waals surface area contributed by atoms with Gasteiger partial charge in [0, 0.05) is 26.2 Å². The number of halogens is 1. The molecule has 0 N–H and O–H groups in total. The number of ether oxygens (including phenoxy) is 1. The zero-order valence-electron chi connectivity index (χ0n) is 14.2. The molecule has 0 radical (unpaired) electrons. The largest absolute Gasteiger partial charge is 0.494 e. The third-order valence-corrected chi connectivity index (χ3v) is 4.95. The maximum Gasteiger partial charge on any atom is 0.204 e. The van der Waals surface area contributed by atoms with Gasteiger partial charge < -0.3 is 4.74 Å². The van der Waals surface area contributed by atoms with Crippen LogP contribution in [-0.2, 0) is 6.42 Å². The lowest BCUT2D eigenvalue weighted by Crippen LogP contribution is -2.02. The van der Waals surface area contributed by atoms with Crippen molar-refractivity contribution in [3.63, 3.8) is 0 Å². The lowest BCUT2D eigenvalue weighted by atomic mass is 10.1. The van der Waals surface area contributed by atoms with Gasteiger partial charge in [0.1, 0.15) is 5.75 Å². The Bertz CT molecular complexity index is 709. The molecule has 0 spiro atoms.